The zero-order valence-electron chi connectivity index (χ0n) is 9.97. The van der Waals surface area contributed by atoms with Crippen LogP contribution in [-0.4, -0.2) is 55.4 Å². The Balaban J connectivity index is 2.08. The molecule has 2 aromatic heterocycles. The van der Waals surface area contributed by atoms with Crippen LogP contribution in [0.5, 0.6) is 0 Å². The molecular weight excluding hydrogens is 278 g/mol. The minimum Gasteiger partial charge on any atom is -0.390 e. The smallest absolute Gasteiger partial charge is 0.390 e. The van der Waals surface area contributed by atoms with E-state index in [-0.39, 0.29) is 6.67 Å². The third kappa shape index (κ3) is 2.94. The minimum atomic E-state index is -0.859. The Hall–Kier alpha value is -3.26. The lowest BCUT2D eigenvalue weighted by atomic mass is 10.8. The number of tetrazole rings is 2. The molecule has 0 spiro atoms. The van der Waals surface area contributed by atoms with Crippen LogP contribution in [0, 0.1) is 27.2 Å². The molecule has 15 nitrogen and oxygen atoms in total. The van der Waals surface area contributed by atoms with Crippen molar-refractivity contribution in [3.05, 3.63) is 26.1 Å². The van der Waals surface area contributed by atoms with E-state index in [4.69, 9.17) is 0 Å². The molecular formula is C5H7N11O4. The third-order valence-electron chi connectivity index (χ3n) is 1.97. The number of nitrogens with zero attached hydrogens (tertiary/aromatic N) is 11. The zero-order valence-corrected chi connectivity index (χ0v) is 9.97. The van der Waals surface area contributed by atoms with Gasteiger partial charge in [0.25, 0.3) is 0 Å². The number of rotatable bonds is 6. The van der Waals surface area contributed by atoms with Gasteiger partial charge in [0.15, 0.2) is 17.5 Å². The van der Waals surface area contributed by atoms with Crippen molar-refractivity contribution in [2.24, 2.45) is 0 Å². The Bertz CT molecular complexity index is 632. The fourth-order valence-electron chi connectivity index (χ4n) is 1.19. The van der Waals surface area contributed by atoms with Crippen LogP contribution in [0.1, 0.15) is 5.82 Å². The molecule has 0 N–H and O–H groups in total. The molecule has 2 rings (SSSR count). The molecule has 0 radical (unpaired) electrons. The summed E-state index contributed by atoms with van der Waals surface area (Å²) < 4.78 is 0. The number of aryl methyl sites for hydroxylation is 1. The molecule has 0 aliphatic heterocycles. The molecule has 0 aromatic carbocycles. The highest BCUT2D eigenvalue weighted by Crippen LogP contribution is 2.00. The molecule has 2 heterocycles. The summed E-state index contributed by atoms with van der Waals surface area (Å²) >= 11 is 0. The van der Waals surface area contributed by atoms with Crippen LogP contribution in [0.2, 0.25) is 0 Å². The minimum absolute atomic E-state index is 0.330. The lowest BCUT2D eigenvalue weighted by Gasteiger charge is -2.10. The van der Waals surface area contributed by atoms with E-state index >= 15 is 0 Å². The highest BCUT2D eigenvalue weighted by atomic mass is 16.7. The van der Waals surface area contributed by atoms with Crippen LogP contribution in [0.15, 0.2) is 0 Å². The fourth-order valence-corrected chi connectivity index (χ4v) is 1.19. The number of hydrogen-bond acceptors (Lipinski definition) is 10. The van der Waals surface area contributed by atoms with Gasteiger partial charge in [-0.1, -0.05) is 9.81 Å². The van der Waals surface area contributed by atoms with E-state index in [1.165, 1.54) is 0 Å². The second-order valence-electron chi connectivity index (χ2n) is 3.45. The van der Waals surface area contributed by atoms with Crippen molar-refractivity contribution in [2.45, 2.75) is 20.3 Å². The maximum Gasteiger partial charge on any atom is 0.514 e. The van der Waals surface area contributed by atoms with Gasteiger partial charge in [-0.2, -0.15) is 0 Å². The van der Waals surface area contributed by atoms with Gasteiger partial charge in [0.1, 0.15) is 0 Å². The van der Waals surface area contributed by atoms with Crippen molar-refractivity contribution in [2.75, 3.05) is 0 Å². The lowest BCUT2D eigenvalue weighted by molar-refractivity contribution is -0.672. The highest BCUT2D eigenvalue weighted by Gasteiger charge is 2.23. The van der Waals surface area contributed by atoms with E-state index in [1.807, 2.05) is 0 Å². The first-order valence-corrected chi connectivity index (χ1v) is 5.01. The van der Waals surface area contributed by atoms with Crippen molar-refractivity contribution in [1.29, 1.82) is 0 Å². The molecule has 106 valence electrons. The van der Waals surface area contributed by atoms with Crippen LogP contribution in [0.3, 0.4) is 0 Å². The first kappa shape index (κ1) is 13.2. The van der Waals surface area contributed by atoms with E-state index in [2.05, 4.69) is 30.8 Å². The Morgan fingerprint density at radius 2 is 1.70 bits per heavy atom. The molecule has 0 bridgehead atoms. The Labute approximate surface area is 109 Å². The standard InChI is InChI=1S/C5H7N11O4/c1-4-6-10-13(8-4)2-12(16(19)20)3-14-9-5(7-11-14)15(17)18/h2-3H2,1H3. The second kappa shape index (κ2) is 5.16. The summed E-state index contributed by atoms with van der Waals surface area (Å²) in [5, 5.41) is 41.9. The van der Waals surface area contributed by atoms with Gasteiger partial charge in [0.2, 0.25) is 6.67 Å². The first-order valence-electron chi connectivity index (χ1n) is 5.01. The zero-order chi connectivity index (χ0) is 14.7. The topological polar surface area (TPSA) is 177 Å². The van der Waals surface area contributed by atoms with Crippen molar-refractivity contribution in [1.82, 2.24) is 45.4 Å². The molecule has 0 aliphatic rings. The Morgan fingerprint density at radius 3 is 2.15 bits per heavy atom. The van der Waals surface area contributed by atoms with E-state index in [1.54, 1.807) is 6.92 Å². The van der Waals surface area contributed by atoms with Gasteiger partial charge < -0.3 is 10.1 Å². The van der Waals surface area contributed by atoms with Gasteiger partial charge in [0, 0.05) is 5.21 Å². The van der Waals surface area contributed by atoms with Gasteiger partial charge in [-0.05, 0) is 17.1 Å². The number of aromatic nitrogens is 8. The summed E-state index contributed by atoms with van der Waals surface area (Å²) in [6.07, 6.45) is 0. The first-order chi connectivity index (χ1) is 9.45. The van der Waals surface area contributed by atoms with Crippen LogP contribution < -0.4 is 0 Å². The molecule has 15 heteroatoms. The SMILES string of the molecule is Cc1nnn(CN(Cn2nnc([N+](=O)[O-])n2)[N+](=O)[O-])n1. The molecule has 0 saturated carbocycles. The van der Waals surface area contributed by atoms with E-state index in [9.17, 15) is 20.2 Å². The van der Waals surface area contributed by atoms with Crippen molar-refractivity contribution >= 4 is 5.95 Å². The van der Waals surface area contributed by atoms with Gasteiger partial charge in [-0.25, -0.2) is 10.1 Å². The Kier molecular flexibility index (Phi) is 3.40. The molecule has 0 amide bonds. The summed E-state index contributed by atoms with van der Waals surface area (Å²) in [6, 6.07) is 0. The molecule has 20 heavy (non-hydrogen) atoms. The predicted molar refractivity (Wildman–Crippen MR) is 55.9 cm³/mol. The van der Waals surface area contributed by atoms with E-state index in [0.717, 1.165) is 4.80 Å². The molecule has 0 aliphatic carbocycles. The largest absolute Gasteiger partial charge is 0.514 e. The van der Waals surface area contributed by atoms with Crippen LogP contribution in [-0.2, 0) is 13.3 Å². The number of hydrazine groups is 1. The summed E-state index contributed by atoms with van der Waals surface area (Å²) in [6.45, 7) is 0.778. The van der Waals surface area contributed by atoms with Gasteiger partial charge in [0.05, 0.1) is 10.2 Å². The molecule has 0 unspecified atom stereocenters. The quantitative estimate of drug-likeness (QED) is 0.422. The van der Waals surface area contributed by atoms with Crippen molar-refractivity contribution < 1.29 is 9.96 Å². The summed E-state index contributed by atoms with van der Waals surface area (Å²) in [5.41, 5.74) is 0. The van der Waals surface area contributed by atoms with Crippen LogP contribution in [0.4, 0.5) is 5.95 Å². The van der Waals surface area contributed by atoms with Crippen LogP contribution >= 0.6 is 0 Å². The second-order valence-corrected chi connectivity index (χ2v) is 3.45. The number of hydrogen-bond donors (Lipinski definition) is 0. The lowest BCUT2D eigenvalue weighted by Crippen LogP contribution is -2.35. The van der Waals surface area contributed by atoms with Gasteiger partial charge >= 0.3 is 5.95 Å². The average molecular weight is 285 g/mol. The van der Waals surface area contributed by atoms with Crippen molar-refractivity contribution in [3.8, 4) is 0 Å². The van der Waals surface area contributed by atoms with E-state index < -0.39 is 22.6 Å². The maximum absolute atomic E-state index is 10.9. The summed E-state index contributed by atoms with van der Waals surface area (Å²) in [4.78, 5) is 22.1. The molecule has 0 saturated heterocycles. The molecule has 0 fully saturated rings. The van der Waals surface area contributed by atoms with E-state index in [0.29, 0.717) is 15.6 Å². The Morgan fingerprint density at radius 1 is 1.10 bits per heavy atom. The summed E-state index contributed by atoms with van der Waals surface area (Å²) in [7, 11) is 0. The maximum atomic E-state index is 10.9. The van der Waals surface area contributed by atoms with Crippen molar-refractivity contribution in [3.63, 3.8) is 0 Å². The monoisotopic (exact) mass is 285 g/mol. The van der Waals surface area contributed by atoms with Gasteiger partial charge in [-0.3, -0.25) is 0 Å². The van der Waals surface area contributed by atoms with Crippen LogP contribution in [0.25, 0.3) is 0 Å². The molecule has 2 aromatic rings. The normalized spacial score (nSPS) is 10.4. The number of nitro groups is 2. The van der Waals surface area contributed by atoms with Gasteiger partial charge in [-0.15, -0.1) is 15.0 Å². The third-order valence-corrected chi connectivity index (χ3v) is 1.97. The fraction of sp³-hybridized carbons (Fsp3) is 0.600. The highest BCUT2D eigenvalue weighted by molar-refractivity contribution is 4.92. The average Bonchev–Trinajstić information content (AvgIpc) is 2.98. The molecule has 0 atom stereocenters. The predicted octanol–water partition coefficient (Wildman–Crippen LogP) is -2.01. The summed E-state index contributed by atoms with van der Waals surface area (Å²) in [5.74, 6) is -0.397.